The maximum atomic E-state index is 11.6. The Morgan fingerprint density at radius 1 is 1.43 bits per heavy atom. The highest BCUT2D eigenvalue weighted by Gasteiger charge is 2.23. The molecule has 2 N–H and O–H groups in total. The van der Waals surface area contributed by atoms with Gasteiger partial charge in [-0.05, 0) is 31.9 Å². The van der Waals surface area contributed by atoms with Gasteiger partial charge in [-0.3, -0.25) is 0 Å². The van der Waals surface area contributed by atoms with Gasteiger partial charge >= 0.3 is 12.1 Å². The van der Waals surface area contributed by atoms with Crippen LogP contribution in [0.5, 0.6) is 0 Å². The van der Waals surface area contributed by atoms with Crippen molar-refractivity contribution in [2.75, 3.05) is 19.7 Å². The van der Waals surface area contributed by atoms with E-state index >= 15 is 0 Å². The summed E-state index contributed by atoms with van der Waals surface area (Å²) in [5, 5.41) is 12.3. The Morgan fingerprint density at radius 3 is 2.71 bits per heavy atom. The van der Waals surface area contributed by atoms with Crippen molar-refractivity contribution >= 4 is 23.4 Å². The monoisotopic (exact) mass is 312 g/mol. The van der Waals surface area contributed by atoms with Crippen LogP contribution >= 0.6 is 11.3 Å². The van der Waals surface area contributed by atoms with Crippen LogP contribution in [0.3, 0.4) is 0 Å². The van der Waals surface area contributed by atoms with E-state index in [-0.39, 0.29) is 6.09 Å². The minimum absolute atomic E-state index is 0.236. The lowest BCUT2D eigenvalue weighted by Gasteiger charge is -2.31. The predicted molar refractivity (Wildman–Crippen MR) is 79.7 cm³/mol. The van der Waals surface area contributed by atoms with E-state index in [1.54, 1.807) is 17.9 Å². The SMILES string of the molecule is CCOC(=O)N1CCC(NCc2ccc(C(=O)O)s2)CC1. The fourth-order valence-corrected chi connectivity index (χ4v) is 3.11. The molecule has 0 aromatic carbocycles. The number of hydrogen-bond acceptors (Lipinski definition) is 5. The van der Waals surface area contributed by atoms with Gasteiger partial charge in [0.2, 0.25) is 0 Å². The van der Waals surface area contributed by atoms with E-state index in [1.807, 2.05) is 6.07 Å². The molecule has 1 saturated heterocycles. The molecular weight excluding hydrogens is 292 g/mol. The van der Waals surface area contributed by atoms with Crippen molar-refractivity contribution in [2.24, 2.45) is 0 Å². The summed E-state index contributed by atoms with van der Waals surface area (Å²) in [5.74, 6) is -0.881. The molecule has 6 nitrogen and oxygen atoms in total. The van der Waals surface area contributed by atoms with Crippen molar-refractivity contribution in [3.63, 3.8) is 0 Å². The van der Waals surface area contributed by atoms with Gasteiger partial charge in [0.05, 0.1) is 6.61 Å². The van der Waals surface area contributed by atoms with E-state index in [0.717, 1.165) is 17.7 Å². The first-order valence-electron chi connectivity index (χ1n) is 7.07. The zero-order valence-corrected chi connectivity index (χ0v) is 12.8. The van der Waals surface area contributed by atoms with Crippen molar-refractivity contribution in [3.8, 4) is 0 Å². The molecule has 0 atom stereocenters. The lowest BCUT2D eigenvalue weighted by molar-refractivity contribution is 0.0702. The Labute approximate surface area is 127 Å². The summed E-state index contributed by atoms with van der Waals surface area (Å²) in [4.78, 5) is 25.5. The lowest BCUT2D eigenvalue weighted by atomic mass is 10.1. The largest absolute Gasteiger partial charge is 0.477 e. The average molecular weight is 312 g/mol. The summed E-state index contributed by atoms with van der Waals surface area (Å²) in [6.07, 6.45) is 1.53. The van der Waals surface area contributed by atoms with Crippen molar-refractivity contribution in [3.05, 3.63) is 21.9 Å². The molecule has 0 radical (unpaired) electrons. The predicted octanol–water partition coefficient (Wildman–Crippen LogP) is 2.16. The summed E-state index contributed by atoms with van der Waals surface area (Å²) in [5.41, 5.74) is 0. The Kier molecular flexibility index (Phi) is 5.58. The maximum absolute atomic E-state index is 11.6. The number of hydrogen-bond donors (Lipinski definition) is 2. The van der Waals surface area contributed by atoms with Gasteiger partial charge in [0.15, 0.2) is 0 Å². The highest BCUT2D eigenvalue weighted by Crippen LogP contribution is 2.18. The van der Waals surface area contributed by atoms with E-state index in [0.29, 0.717) is 37.2 Å². The molecule has 0 unspecified atom stereocenters. The Hall–Kier alpha value is -1.60. The van der Waals surface area contributed by atoms with E-state index in [9.17, 15) is 9.59 Å². The molecule has 1 aliphatic heterocycles. The molecule has 1 amide bonds. The normalized spacial score (nSPS) is 16.0. The van der Waals surface area contributed by atoms with Gasteiger partial charge in [-0.15, -0.1) is 11.3 Å². The van der Waals surface area contributed by atoms with Crippen LogP contribution in [-0.2, 0) is 11.3 Å². The van der Waals surface area contributed by atoms with Crippen molar-refractivity contribution in [1.29, 1.82) is 0 Å². The third-order valence-corrected chi connectivity index (χ3v) is 4.53. The fourth-order valence-electron chi connectivity index (χ4n) is 2.31. The molecule has 2 heterocycles. The number of piperidine rings is 1. The molecule has 1 aromatic heterocycles. The number of ether oxygens (including phenoxy) is 1. The summed E-state index contributed by atoms with van der Waals surface area (Å²) >= 11 is 1.30. The number of carboxylic acid groups (broad SMARTS) is 1. The molecule has 0 bridgehead atoms. The zero-order chi connectivity index (χ0) is 15.2. The zero-order valence-electron chi connectivity index (χ0n) is 12.0. The number of rotatable bonds is 5. The molecule has 1 fully saturated rings. The van der Waals surface area contributed by atoms with Crippen LogP contribution in [0.1, 0.15) is 34.3 Å². The third kappa shape index (κ3) is 4.44. The minimum Gasteiger partial charge on any atom is -0.477 e. The minimum atomic E-state index is -0.881. The third-order valence-electron chi connectivity index (χ3n) is 3.46. The summed E-state index contributed by atoms with van der Waals surface area (Å²) in [6.45, 7) is 4.27. The maximum Gasteiger partial charge on any atom is 0.409 e. The van der Waals surface area contributed by atoms with E-state index < -0.39 is 5.97 Å². The quantitative estimate of drug-likeness (QED) is 0.871. The van der Waals surface area contributed by atoms with Crippen molar-refractivity contribution in [1.82, 2.24) is 10.2 Å². The van der Waals surface area contributed by atoms with Crippen LogP contribution in [0.15, 0.2) is 12.1 Å². The van der Waals surface area contributed by atoms with Crippen molar-refractivity contribution < 1.29 is 19.4 Å². The Morgan fingerprint density at radius 2 is 2.14 bits per heavy atom. The summed E-state index contributed by atoms with van der Waals surface area (Å²) in [7, 11) is 0. The van der Waals surface area contributed by atoms with Gasteiger partial charge in [-0.1, -0.05) is 0 Å². The van der Waals surface area contributed by atoms with Crippen LogP contribution in [0.4, 0.5) is 4.79 Å². The summed E-state index contributed by atoms with van der Waals surface area (Å²) < 4.78 is 4.98. The molecule has 1 aliphatic rings. The molecule has 0 spiro atoms. The Bertz CT molecular complexity index is 495. The molecular formula is C14H20N2O4S. The smallest absolute Gasteiger partial charge is 0.409 e. The topological polar surface area (TPSA) is 78.9 Å². The highest BCUT2D eigenvalue weighted by atomic mass is 32.1. The average Bonchev–Trinajstić information content (AvgIpc) is 2.95. The summed E-state index contributed by atoms with van der Waals surface area (Å²) in [6, 6.07) is 3.83. The highest BCUT2D eigenvalue weighted by molar-refractivity contribution is 7.13. The second-order valence-corrected chi connectivity index (χ2v) is 6.08. The molecule has 1 aromatic rings. The number of aromatic carboxylic acids is 1. The molecule has 116 valence electrons. The number of likely N-dealkylation sites (tertiary alicyclic amines) is 1. The van der Waals surface area contributed by atoms with E-state index in [2.05, 4.69) is 5.32 Å². The van der Waals surface area contributed by atoms with Crippen LogP contribution in [0.2, 0.25) is 0 Å². The first kappa shape index (κ1) is 15.8. The number of amides is 1. The standard InChI is InChI=1S/C14H20N2O4S/c1-2-20-14(19)16-7-5-10(6-8-16)15-9-11-3-4-12(21-11)13(17)18/h3-4,10,15H,2,5-9H2,1H3,(H,17,18). The number of thiophene rings is 1. The van der Waals surface area contributed by atoms with Crippen LogP contribution in [0, 0.1) is 0 Å². The number of carboxylic acids is 1. The second kappa shape index (κ2) is 7.42. The van der Waals surface area contributed by atoms with Gasteiger partial charge in [0, 0.05) is 30.6 Å². The van der Waals surface area contributed by atoms with Gasteiger partial charge in [0.1, 0.15) is 4.88 Å². The first-order valence-corrected chi connectivity index (χ1v) is 7.89. The van der Waals surface area contributed by atoms with E-state index in [4.69, 9.17) is 9.84 Å². The van der Waals surface area contributed by atoms with Crippen LogP contribution in [0.25, 0.3) is 0 Å². The number of carbonyl (C=O) groups excluding carboxylic acids is 1. The van der Waals surface area contributed by atoms with Gasteiger partial charge in [-0.25, -0.2) is 9.59 Å². The lowest BCUT2D eigenvalue weighted by Crippen LogP contribution is -2.44. The van der Waals surface area contributed by atoms with Crippen LogP contribution in [-0.4, -0.2) is 47.8 Å². The molecule has 0 aliphatic carbocycles. The molecule has 21 heavy (non-hydrogen) atoms. The van der Waals surface area contributed by atoms with Crippen molar-refractivity contribution in [2.45, 2.75) is 32.4 Å². The molecule has 0 saturated carbocycles. The van der Waals surface area contributed by atoms with Crippen LogP contribution < -0.4 is 5.32 Å². The number of nitrogens with zero attached hydrogens (tertiary/aromatic N) is 1. The Balaban J connectivity index is 1.73. The van der Waals surface area contributed by atoms with Gasteiger partial charge < -0.3 is 20.1 Å². The number of nitrogens with one attached hydrogen (secondary N) is 1. The fraction of sp³-hybridized carbons (Fsp3) is 0.571. The molecule has 2 rings (SSSR count). The molecule has 7 heteroatoms. The van der Waals surface area contributed by atoms with Gasteiger partial charge in [0.25, 0.3) is 0 Å². The van der Waals surface area contributed by atoms with E-state index in [1.165, 1.54) is 11.3 Å². The second-order valence-electron chi connectivity index (χ2n) is 4.91. The first-order chi connectivity index (χ1) is 10.1. The van der Waals surface area contributed by atoms with Gasteiger partial charge in [-0.2, -0.15) is 0 Å². The number of carbonyl (C=O) groups is 2.